The van der Waals surface area contributed by atoms with Crippen LogP contribution in [0.2, 0.25) is 0 Å². The summed E-state index contributed by atoms with van der Waals surface area (Å²) in [5, 5.41) is 0. The van der Waals surface area contributed by atoms with Crippen LogP contribution in [0.4, 0.5) is 0 Å². The fourth-order valence-electron chi connectivity index (χ4n) is 4.42. The number of hydrogen-bond acceptors (Lipinski definition) is 3. The molecule has 1 aliphatic heterocycles. The van der Waals surface area contributed by atoms with Gasteiger partial charge >= 0.3 is 5.97 Å². The number of hydrogen-bond donors (Lipinski definition) is 0. The zero-order valence-corrected chi connectivity index (χ0v) is 16.4. The van der Waals surface area contributed by atoms with Gasteiger partial charge in [-0.2, -0.15) is 0 Å². The van der Waals surface area contributed by atoms with Crippen molar-refractivity contribution in [2.75, 3.05) is 6.54 Å². The maximum Gasteiger partial charge on any atom is 0.329 e. The summed E-state index contributed by atoms with van der Waals surface area (Å²) in [5.41, 5.74) is 0.586. The number of amides is 1. The van der Waals surface area contributed by atoms with Gasteiger partial charge < -0.3 is 9.64 Å². The fraction of sp³-hybridized carbons (Fsp3) is 0.900. The zero-order valence-electron chi connectivity index (χ0n) is 16.4. The van der Waals surface area contributed by atoms with Crippen molar-refractivity contribution in [1.29, 1.82) is 0 Å². The predicted octanol–water partition coefficient (Wildman–Crippen LogP) is 4.17. The topological polar surface area (TPSA) is 46.6 Å². The first-order valence-corrected chi connectivity index (χ1v) is 9.60. The highest BCUT2D eigenvalue weighted by molar-refractivity contribution is 5.85. The van der Waals surface area contributed by atoms with E-state index in [0.717, 1.165) is 19.3 Å². The molecular weight excluding hydrogens is 302 g/mol. The van der Waals surface area contributed by atoms with Crippen LogP contribution in [0, 0.1) is 16.7 Å². The van der Waals surface area contributed by atoms with Crippen LogP contribution in [0.3, 0.4) is 0 Å². The van der Waals surface area contributed by atoms with Crippen molar-refractivity contribution in [3.63, 3.8) is 0 Å². The van der Waals surface area contributed by atoms with Gasteiger partial charge in [-0.3, -0.25) is 4.79 Å². The number of rotatable bonds is 5. The normalized spacial score (nSPS) is 29.5. The highest BCUT2D eigenvalue weighted by Gasteiger charge is 2.48. The first-order chi connectivity index (χ1) is 11.1. The molecule has 2 rings (SSSR count). The number of esters is 1. The molecule has 24 heavy (non-hydrogen) atoms. The highest BCUT2D eigenvalue weighted by Crippen LogP contribution is 2.56. The second-order valence-corrected chi connectivity index (χ2v) is 8.92. The molecule has 3 atom stereocenters. The summed E-state index contributed by atoms with van der Waals surface area (Å²) in [6, 6.07) is -0.368. The van der Waals surface area contributed by atoms with Crippen molar-refractivity contribution in [3.05, 3.63) is 0 Å². The average molecular weight is 338 g/mol. The molecule has 0 aromatic heterocycles. The Morgan fingerprint density at radius 1 is 1.21 bits per heavy atom. The molecule has 0 aromatic carbocycles. The standard InChI is InChI=1S/C20H35NO3/c1-7-17(22)21-12-8-9-16(21)18(23)24-14(2)13-15-10-11-19(3,4)20(15,5)6/h14-16H,7-13H2,1-6H3. The first-order valence-electron chi connectivity index (χ1n) is 9.60. The van der Waals surface area contributed by atoms with E-state index in [2.05, 4.69) is 27.7 Å². The molecule has 0 bridgehead atoms. The van der Waals surface area contributed by atoms with Gasteiger partial charge in [-0.15, -0.1) is 0 Å². The number of carbonyl (C=O) groups excluding carboxylic acids is 2. The van der Waals surface area contributed by atoms with E-state index in [-0.39, 0.29) is 29.4 Å². The maximum absolute atomic E-state index is 12.5. The Morgan fingerprint density at radius 3 is 2.42 bits per heavy atom. The molecule has 0 radical (unpaired) electrons. The lowest BCUT2D eigenvalue weighted by molar-refractivity contribution is -0.158. The number of ether oxygens (including phenoxy) is 1. The molecule has 2 fully saturated rings. The first kappa shape index (κ1) is 19.3. The van der Waals surface area contributed by atoms with E-state index in [1.807, 2.05) is 13.8 Å². The van der Waals surface area contributed by atoms with E-state index >= 15 is 0 Å². The molecular formula is C20H35NO3. The van der Waals surface area contributed by atoms with Crippen molar-refractivity contribution >= 4 is 11.9 Å². The third-order valence-electron chi connectivity index (χ3n) is 6.96. The molecule has 0 spiro atoms. The minimum absolute atomic E-state index is 0.0563. The predicted molar refractivity (Wildman–Crippen MR) is 95.5 cm³/mol. The third-order valence-corrected chi connectivity index (χ3v) is 6.96. The van der Waals surface area contributed by atoms with E-state index in [9.17, 15) is 9.59 Å². The lowest BCUT2D eigenvalue weighted by Gasteiger charge is -2.40. The van der Waals surface area contributed by atoms with E-state index in [4.69, 9.17) is 4.74 Å². The van der Waals surface area contributed by atoms with Crippen LogP contribution >= 0.6 is 0 Å². The zero-order chi connectivity index (χ0) is 18.1. The molecule has 0 aromatic rings. The highest BCUT2D eigenvalue weighted by atomic mass is 16.5. The van der Waals surface area contributed by atoms with Crippen molar-refractivity contribution in [3.8, 4) is 0 Å². The second kappa shape index (κ2) is 7.05. The Hall–Kier alpha value is -1.06. The monoisotopic (exact) mass is 337 g/mol. The van der Waals surface area contributed by atoms with Gasteiger partial charge in [-0.25, -0.2) is 4.79 Å². The summed E-state index contributed by atoms with van der Waals surface area (Å²) in [6.07, 6.45) is 5.33. The van der Waals surface area contributed by atoms with Gasteiger partial charge in [0.1, 0.15) is 6.04 Å². The summed E-state index contributed by atoms with van der Waals surface area (Å²) in [5.74, 6) is 0.421. The van der Waals surface area contributed by atoms with Gasteiger partial charge in [-0.1, -0.05) is 34.6 Å². The van der Waals surface area contributed by atoms with Crippen molar-refractivity contribution < 1.29 is 14.3 Å². The van der Waals surface area contributed by atoms with Gasteiger partial charge in [0.25, 0.3) is 0 Å². The molecule has 4 nitrogen and oxygen atoms in total. The smallest absolute Gasteiger partial charge is 0.329 e. The number of likely N-dealkylation sites (tertiary alicyclic amines) is 1. The van der Waals surface area contributed by atoms with Crippen LogP contribution in [0.1, 0.15) is 80.1 Å². The fourth-order valence-corrected chi connectivity index (χ4v) is 4.42. The molecule has 138 valence electrons. The van der Waals surface area contributed by atoms with Crippen LogP contribution < -0.4 is 0 Å². The Bertz CT molecular complexity index is 483. The summed E-state index contributed by atoms with van der Waals surface area (Å²) < 4.78 is 5.75. The molecule has 1 heterocycles. The minimum Gasteiger partial charge on any atom is -0.461 e. The van der Waals surface area contributed by atoms with Crippen molar-refractivity contribution in [2.45, 2.75) is 92.2 Å². The van der Waals surface area contributed by atoms with Gasteiger partial charge in [0.05, 0.1) is 6.10 Å². The van der Waals surface area contributed by atoms with Crippen LogP contribution in [0.5, 0.6) is 0 Å². The maximum atomic E-state index is 12.5. The minimum atomic E-state index is -0.368. The van der Waals surface area contributed by atoms with Crippen LogP contribution in [0.15, 0.2) is 0 Å². The summed E-state index contributed by atoms with van der Waals surface area (Å²) >= 11 is 0. The SMILES string of the molecule is CCC(=O)N1CCCC1C(=O)OC(C)CC1CCC(C)(C)C1(C)C. The van der Waals surface area contributed by atoms with Crippen molar-refractivity contribution in [2.24, 2.45) is 16.7 Å². The molecule has 0 N–H and O–H groups in total. The Morgan fingerprint density at radius 2 is 1.88 bits per heavy atom. The molecule has 1 amide bonds. The van der Waals surface area contributed by atoms with E-state index in [1.54, 1.807) is 4.90 Å². The van der Waals surface area contributed by atoms with Crippen molar-refractivity contribution in [1.82, 2.24) is 4.90 Å². The van der Waals surface area contributed by atoms with Crippen LogP contribution in [-0.2, 0) is 14.3 Å². The third kappa shape index (κ3) is 3.62. The number of carbonyl (C=O) groups is 2. The van der Waals surface area contributed by atoms with Gasteiger partial charge in [0.15, 0.2) is 0 Å². The molecule has 1 saturated carbocycles. The Kier molecular flexibility index (Phi) is 5.66. The Balaban J connectivity index is 1.92. The van der Waals surface area contributed by atoms with Gasteiger partial charge in [0, 0.05) is 13.0 Å². The quantitative estimate of drug-likeness (QED) is 0.707. The molecule has 4 heteroatoms. The van der Waals surface area contributed by atoms with E-state index in [0.29, 0.717) is 24.3 Å². The summed E-state index contributed by atoms with van der Waals surface area (Å²) in [7, 11) is 0. The number of nitrogens with zero attached hydrogens (tertiary/aromatic N) is 1. The van der Waals surface area contributed by atoms with Gasteiger partial charge in [-0.05, 0) is 55.8 Å². The Labute approximate surface area is 147 Å². The molecule has 1 aliphatic carbocycles. The largest absolute Gasteiger partial charge is 0.461 e. The van der Waals surface area contributed by atoms with E-state index in [1.165, 1.54) is 12.8 Å². The molecule has 2 aliphatic rings. The van der Waals surface area contributed by atoms with Crippen LogP contribution in [0.25, 0.3) is 0 Å². The molecule has 1 saturated heterocycles. The lowest BCUT2D eigenvalue weighted by atomic mass is 9.66. The molecule has 3 unspecified atom stereocenters. The lowest BCUT2D eigenvalue weighted by Crippen LogP contribution is -2.42. The summed E-state index contributed by atoms with van der Waals surface area (Å²) in [4.78, 5) is 26.2. The van der Waals surface area contributed by atoms with E-state index < -0.39 is 0 Å². The average Bonchev–Trinajstić information content (AvgIpc) is 3.05. The second-order valence-electron chi connectivity index (χ2n) is 8.92. The summed E-state index contributed by atoms with van der Waals surface area (Å²) in [6.45, 7) is 13.9. The van der Waals surface area contributed by atoms with Crippen LogP contribution in [-0.4, -0.2) is 35.5 Å². The van der Waals surface area contributed by atoms with Gasteiger partial charge in [0.2, 0.25) is 5.91 Å².